The fourth-order valence-corrected chi connectivity index (χ4v) is 1.48. The third-order valence-corrected chi connectivity index (χ3v) is 2.39. The third-order valence-electron chi connectivity index (χ3n) is 2.39. The number of benzene rings is 1. The van der Waals surface area contributed by atoms with Crippen molar-refractivity contribution in [1.29, 1.82) is 0 Å². The largest absolute Gasteiger partial charge is 0.461 e. The van der Waals surface area contributed by atoms with Crippen LogP contribution in [-0.2, 0) is 15.5 Å². The standard InChI is InChI=1S/C12H14F3NO2.ClH/c1-3-18-11(17)12(14,15)9-6-4-5-8(7(2)16)10(9)13;/h4-7H,3,16H2,1-2H3;1H/t7-;/m1./s1. The quantitative estimate of drug-likeness (QED) is 0.869. The van der Waals surface area contributed by atoms with Gasteiger partial charge in [0.15, 0.2) is 0 Å². The molecular weight excluding hydrogens is 283 g/mol. The molecule has 0 heterocycles. The minimum absolute atomic E-state index is 0. The van der Waals surface area contributed by atoms with Gasteiger partial charge in [-0.2, -0.15) is 8.78 Å². The fourth-order valence-electron chi connectivity index (χ4n) is 1.48. The van der Waals surface area contributed by atoms with Gasteiger partial charge in [-0.1, -0.05) is 12.1 Å². The van der Waals surface area contributed by atoms with Crippen molar-refractivity contribution in [1.82, 2.24) is 0 Å². The van der Waals surface area contributed by atoms with E-state index in [1.165, 1.54) is 26.0 Å². The van der Waals surface area contributed by atoms with Crippen molar-refractivity contribution in [3.05, 3.63) is 35.1 Å². The van der Waals surface area contributed by atoms with Gasteiger partial charge in [-0.15, -0.1) is 12.4 Å². The van der Waals surface area contributed by atoms with E-state index in [1.807, 2.05) is 0 Å². The van der Waals surface area contributed by atoms with E-state index in [1.54, 1.807) is 0 Å². The van der Waals surface area contributed by atoms with E-state index in [2.05, 4.69) is 4.74 Å². The summed E-state index contributed by atoms with van der Waals surface area (Å²) in [7, 11) is 0. The first kappa shape index (κ1) is 17.7. The number of hydrogen-bond donors (Lipinski definition) is 1. The zero-order valence-electron chi connectivity index (χ0n) is 10.5. The molecule has 0 fully saturated rings. The Morgan fingerprint density at radius 2 is 2.05 bits per heavy atom. The van der Waals surface area contributed by atoms with Gasteiger partial charge in [0.25, 0.3) is 0 Å². The molecule has 0 amide bonds. The summed E-state index contributed by atoms with van der Waals surface area (Å²) >= 11 is 0. The number of alkyl halides is 2. The molecule has 7 heteroatoms. The molecule has 0 saturated heterocycles. The average Bonchev–Trinajstić information content (AvgIpc) is 2.28. The molecule has 108 valence electrons. The first-order chi connectivity index (χ1) is 8.32. The molecule has 1 aromatic rings. The van der Waals surface area contributed by atoms with Crippen molar-refractivity contribution in [3.63, 3.8) is 0 Å². The monoisotopic (exact) mass is 297 g/mol. The Hall–Kier alpha value is -1.27. The van der Waals surface area contributed by atoms with Crippen LogP contribution in [0.15, 0.2) is 18.2 Å². The molecule has 0 spiro atoms. The third kappa shape index (κ3) is 3.61. The van der Waals surface area contributed by atoms with E-state index in [4.69, 9.17) is 5.73 Å². The summed E-state index contributed by atoms with van der Waals surface area (Å²) < 4.78 is 45.5. The lowest BCUT2D eigenvalue weighted by atomic mass is 10.0. The molecule has 1 rings (SSSR count). The molecule has 0 aromatic heterocycles. The number of hydrogen-bond acceptors (Lipinski definition) is 3. The zero-order chi connectivity index (χ0) is 13.9. The maximum Gasteiger partial charge on any atom is 0.382 e. The second-order valence-corrected chi connectivity index (χ2v) is 3.79. The van der Waals surface area contributed by atoms with Crippen LogP contribution in [0.2, 0.25) is 0 Å². The number of rotatable bonds is 4. The lowest BCUT2D eigenvalue weighted by molar-refractivity contribution is -0.173. The van der Waals surface area contributed by atoms with E-state index in [0.717, 1.165) is 6.07 Å². The Morgan fingerprint density at radius 1 is 1.47 bits per heavy atom. The SMILES string of the molecule is CCOC(=O)C(F)(F)c1cccc([C@@H](C)N)c1F.Cl. The summed E-state index contributed by atoms with van der Waals surface area (Å²) in [6.45, 7) is 2.65. The highest BCUT2D eigenvalue weighted by atomic mass is 35.5. The Balaban J connectivity index is 0.00000324. The first-order valence-corrected chi connectivity index (χ1v) is 5.41. The minimum Gasteiger partial charge on any atom is -0.461 e. The Kier molecular flexibility index (Phi) is 6.32. The average molecular weight is 298 g/mol. The van der Waals surface area contributed by atoms with Crippen LogP contribution in [0, 0.1) is 5.82 Å². The van der Waals surface area contributed by atoms with Gasteiger partial charge >= 0.3 is 11.9 Å². The smallest absolute Gasteiger partial charge is 0.382 e. The molecule has 0 unspecified atom stereocenters. The summed E-state index contributed by atoms with van der Waals surface area (Å²) in [6, 6.07) is 2.62. The molecule has 0 aliphatic carbocycles. The van der Waals surface area contributed by atoms with Crippen molar-refractivity contribution in [3.8, 4) is 0 Å². The Bertz CT molecular complexity index is 453. The van der Waals surface area contributed by atoms with Crippen LogP contribution in [0.3, 0.4) is 0 Å². The van der Waals surface area contributed by atoms with Gasteiger partial charge < -0.3 is 10.5 Å². The molecule has 19 heavy (non-hydrogen) atoms. The van der Waals surface area contributed by atoms with Gasteiger partial charge in [0.2, 0.25) is 0 Å². The summed E-state index contributed by atoms with van der Waals surface area (Å²) in [4.78, 5) is 11.1. The number of ether oxygens (including phenoxy) is 1. The van der Waals surface area contributed by atoms with Crippen LogP contribution >= 0.6 is 12.4 Å². The second-order valence-electron chi connectivity index (χ2n) is 3.79. The minimum atomic E-state index is -4.02. The molecule has 1 aromatic carbocycles. The molecule has 0 radical (unpaired) electrons. The maximum absolute atomic E-state index is 13.9. The van der Waals surface area contributed by atoms with Crippen molar-refractivity contribution in [2.24, 2.45) is 5.73 Å². The van der Waals surface area contributed by atoms with E-state index >= 15 is 0 Å². The fraction of sp³-hybridized carbons (Fsp3) is 0.417. The summed E-state index contributed by atoms with van der Waals surface area (Å²) in [5.41, 5.74) is 4.37. The van der Waals surface area contributed by atoms with E-state index in [9.17, 15) is 18.0 Å². The highest BCUT2D eigenvalue weighted by Crippen LogP contribution is 2.33. The lowest BCUT2D eigenvalue weighted by Crippen LogP contribution is -2.30. The van der Waals surface area contributed by atoms with Gasteiger partial charge in [-0.3, -0.25) is 0 Å². The van der Waals surface area contributed by atoms with E-state index in [0.29, 0.717) is 0 Å². The Morgan fingerprint density at radius 3 is 2.53 bits per heavy atom. The van der Waals surface area contributed by atoms with Gasteiger partial charge in [0.1, 0.15) is 5.82 Å². The zero-order valence-corrected chi connectivity index (χ0v) is 11.3. The number of nitrogens with two attached hydrogens (primary N) is 1. The predicted molar refractivity (Wildman–Crippen MR) is 66.8 cm³/mol. The highest BCUT2D eigenvalue weighted by molar-refractivity contribution is 5.85. The summed E-state index contributed by atoms with van der Waals surface area (Å²) in [6.07, 6.45) is 0. The summed E-state index contributed by atoms with van der Waals surface area (Å²) in [5.74, 6) is -6.97. The first-order valence-electron chi connectivity index (χ1n) is 5.41. The van der Waals surface area contributed by atoms with Crippen molar-refractivity contribution in [2.45, 2.75) is 25.8 Å². The summed E-state index contributed by atoms with van der Waals surface area (Å²) in [5, 5.41) is 0. The van der Waals surface area contributed by atoms with Gasteiger partial charge in [0, 0.05) is 11.6 Å². The van der Waals surface area contributed by atoms with Crippen LogP contribution in [0.1, 0.15) is 31.0 Å². The van der Waals surface area contributed by atoms with Crippen LogP contribution in [0.4, 0.5) is 13.2 Å². The van der Waals surface area contributed by atoms with E-state index in [-0.39, 0.29) is 24.6 Å². The molecule has 0 saturated carbocycles. The molecule has 1 atom stereocenters. The van der Waals surface area contributed by atoms with Crippen LogP contribution < -0.4 is 5.73 Å². The lowest BCUT2D eigenvalue weighted by Gasteiger charge is -2.18. The highest BCUT2D eigenvalue weighted by Gasteiger charge is 2.45. The van der Waals surface area contributed by atoms with Crippen molar-refractivity contribution < 1.29 is 22.7 Å². The molecule has 0 bridgehead atoms. The van der Waals surface area contributed by atoms with Crippen LogP contribution in [-0.4, -0.2) is 12.6 Å². The number of carbonyl (C=O) groups excluding carboxylic acids is 1. The Labute approximate surface area is 115 Å². The predicted octanol–water partition coefficient (Wildman–Crippen LogP) is 2.92. The second kappa shape index (κ2) is 6.77. The van der Waals surface area contributed by atoms with E-state index < -0.39 is 29.3 Å². The normalized spacial score (nSPS) is 12.5. The molecule has 3 nitrogen and oxygen atoms in total. The van der Waals surface area contributed by atoms with Crippen molar-refractivity contribution in [2.75, 3.05) is 6.61 Å². The number of halogens is 4. The molecule has 0 aliphatic rings. The van der Waals surface area contributed by atoms with Gasteiger partial charge in [-0.25, -0.2) is 9.18 Å². The van der Waals surface area contributed by atoms with Crippen LogP contribution in [0.5, 0.6) is 0 Å². The number of esters is 1. The molecule has 2 N–H and O–H groups in total. The van der Waals surface area contributed by atoms with Gasteiger partial charge in [0.05, 0.1) is 12.2 Å². The molecular formula is C12H15ClF3NO2. The van der Waals surface area contributed by atoms with Crippen LogP contribution in [0.25, 0.3) is 0 Å². The number of carbonyl (C=O) groups is 1. The van der Waals surface area contributed by atoms with Crippen molar-refractivity contribution >= 4 is 18.4 Å². The van der Waals surface area contributed by atoms with Gasteiger partial charge in [-0.05, 0) is 19.9 Å². The maximum atomic E-state index is 13.9. The molecule has 0 aliphatic heterocycles. The topological polar surface area (TPSA) is 52.3 Å².